The van der Waals surface area contributed by atoms with Crippen LogP contribution in [0.25, 0.3) is 0 Å². The summed E-state index contributed by atoms with van der Waals surface area (Å²) in [5, 5.41) is 10.0. The molecule has 1 aromatic carbocycles. The summed E-state index contributed by atoms with van der Waals surface area (Å²) in [6.07, 6.45) is 19.6. The maximum atomic E-state index is 13.8. The Hall–Kier alpha value is -3.93. The molecular formula is C41H52O5. The van der Waals surface area contributed by atoms with E-state index in [-0.39, 0.29) is 30.8 Å². The number of aliphatic hydroxyl groups is 1. The van der Waals surface area contributed by atoms with Crippen molar-refractivity contribution in [1.82, 2.24) is 0 Å². The summed E-state index contributed by atoms with van der Waals surface area (Å²) in [5.74, 6) is 8.96. The SMILES string of the molecule is CCCCCCCC=CC(O)C#CC#CC(=O)CCC1(CC=C(C)CCC=C(C)CCC=C(C)C)C(=O)Oc2ccccc2C1=O. The van der Waals surface area contributed by atoms with Crippen molar-refractivity contribution in [3.8, 4) is 29.4 Å². The number of rotatable bonds is 18. The molecule has 0 aromatic heterocycles. The molecule has 1 N–H and O–H groups in total. The summed E-state index contributed by atoms with van der Waals surface area (Å²) in [4.78, 5) is 39.9. The minimum atomic E-state index is -1.51. The molecule has 1 aliphatic heterocycles. The van der Waals surface area contributed by atoms with Crippen LogP contribution in [-0.4, -0.2) is 28.7 Å². The molecule has 0 aliphatic carbocycles. The fourth-order valence-electron chi connectivity index (χ4n) is 5.21. The molecule has 46 heavy (non-hydrogen) atoms. The second-order valence-corrected chi connectivity index (χ2v) is 12.5. The number of unbranched alkanes of at least 4 members (excludes halogenated alkanes) is 5. The van der Waals surface area contributed by atoms with Gasteiger partial charge in [0.05, 0.1) is 5.56 Å². The van der Waals surface area contributed by atoms with E-state index in [4.69, 9.17) is 4.74 Å². The van der Waals surface area contributed by atoms with Gasteiger partial charge in [-0.2, -0.15) is 0 Å². The Bertz CT molecular complexity index is 1430. The van der Waals surface area contributed by atoms with Crippen molar-refractivity contribution >= 4 is 17.5 Å². The average molecular weight is 625 g/mol. The molecule has 0 radical (unpaired) electrons. The number of fused-ring (bicyclic) bond motifs is 1. The van der Waals surface area contributed by atoms with E-state index in [2.05, 4.69) is 63.5 Å². The summed E-state index contributed by atoms with van der Waals surface area (Å²) in [7, 11) is 0. The van der Waals surface area contributed by atoms with Gasteiger partial charge in [0.15, 0.2) is 5.78 Å². The summed E-state index contributed by atoms with van der Waals surface area (Å²) in [5.41, 5.74) is 2.57. The van der Waals surface area contributed by atoms with Gasteiger partial charge in [-0.25, -0.2) is 0 Å². The minimum Gasteiger partial charge on any atom is -0.425 e. The smallest absolute Gasteiger partial charge is 0.325 e. The second-order valence-electron chi connectivity index (χ2n) is 12.5. The van der Waals surface area contributed by atoms with Crippen molar-refractivity contribution in [2.45, 2.75) is 124 Å². The van der Waals surface area contributed by atoms with Gasteiger partial charge >= 0.3 is 5.97 Å². The van der Waals surface area contributed by atoms with Crippen molar-refractivity contribution in [3.05, 3.63) is 76.9 Å². The zero-order valence-corrected chi connectivity index (χ0v) is 28.5. The maximum absolute atomic E-state index is 13.8. The van der Waals surface area contributed by atoms with Crippen molar-refractivity contribution in [2.24, 2.45) is 5.41 Å². The maximum Gasteiger partial charge on any atom is 0.325 e. The van der Waals surface area contributed by atoms with Crippen LogP contribution in [0.5, 0.6) is 5.75 Å². The first-order valence-corrected chi connectivity index (χ1v) is 16.8. The van der Waals surface area contributed by atoms with Crippen LogP contribution in [-0.2, 0) is 9.59 Å². The van der Waals surface area contributed by atoms with Crippen molar-refractivity contribution in [3.63, 3.8) is 0 Å². The Kier molecular flexibility index (Phi) is 17.4. The summed E-state index contributed by atoms with van der Waals surface area (Å²) >= 11 is 0. The van der Waals surface area contributed by atoms with Crippen LogP contribution in [0.2, 0.25) is 0 Å². The lowest BCUT2D eigenvalue weighted by atomic mass is 9.71. The second kappa shape index (κ2) is 21.0. The molecule has 0 bridgehead atoms. The number of hydrogen-bond acceptors (Lipinski definition) is 5. The Labute approximate surface area is 277 Å². The molecule has 1 aromatic rings. The van der Waals surface area contributed by atoms with Crippen molar-refractivity contribution in [1.29, 1.82) is 0 Å². The number of benzene rings is 1. The van der Waals surface area contributed by atoms with E-state index >= 15 is 0 Å². The largest absolute Gasteiger partial charge is 0.425 e. The number of aliphatic hydroxyl groups excluding tert-OH is 1. The first-order valence-electron chi connectivity index (χ1n) is 16.8. The highest BCUT2D eigenvalue weighted by atomic mass is 16.5. The van der Waals surface area contributed by atoms with E-state index in [1.807, 2.05) is 19.1 Å². The summed E-state index contributed by atoms with van der Waals surface area (Å²) in [6, 6.07) is 6.71. The summed E-state index contributed by atoms with van der Waals surface area (Å²) < 4.78 is 5.63. The Morgan fingerprint density at radius 2 is 1.59 bits per heavy atom. The van der Waals surface area contributed by atoms with Gasteiger partial charge in [0.1, 0.15) is 17.3 Å². The number of esters is 1. The zero-order valence-electron chi connectivity index (χ0n) is 28.5. The highest BCUT2D eigenvalue weighted by Gasteiger charge is 2.50. The van der Waals surface area contributed by atoms with Gasteiger partial charge in [-0.15, -0.1) is 0 Å². The number of allylic oxidation sites excluding steroid dienone is 7. The molecule has 0 spiro atoms. The minimum absolute atomic E-state index is 0.0171. The lowest BCUT2D eigenvalue weighted by Crippen LogP contribution is -2.45. The third-order valence-corrected chi connectivity index (χ3v) is 8.14. The first-order chi connectivity index (χ1) is 22.1. The van der Waals surface area contributed by atoms with Crippen LogP contribution in [0.15, 0.2) is 71.4 Å². The van der Waals surface area contributed by atoms with Crippen molar-refractivity contribution in [2.75, 3.05) is 0 Å². The van der Waals surface area contributed by atoms with E-state index in [9.17, 15) is 19.5 Å². The molecule has 5 heteroatoms. The number of ketones is 2. The van der Waals surface area contributed by atoms with Crippen LogP contribution in [0, 0.1) is 29.1 Å². The van der Waals surface area contributed by atoms with Crippen LogP contribution in [0.1, 0.15) is 128 Å². The fraction of sp³-hybridized carbons (Fsp3) is 0.488. The normalized spacial score (nSPS) is 16.9. The van der Waals surface area contributed by atoms with Gasteiger partial charge in [0, 0.05) is 6.42 Å². The van der Waals surface area contributed by atoms with Gasteiger partial charge in [-0.05, 0) is 115 Å². The monoisotopic (exact) mass is 624 g/mol. The number of Topliss-reactive ketones (excluding diaryl/α,β-unsaturated/α-hetero) is 2. The number of hydrogen-bond donors (Lipinski definition) is 1. The molecule has 2 rings (SSSR count). The van der Waals surface area contributed by atoms with Gasteiger partial charge in [-0.1, -0.05) is 91.7 Å². The summed E-state index contributed by atoms with van der Waals surface area (Å²) in [6.45, 7) is 10.5. The van der Waals surface area contributed by atoms with E-state index < -0.39 is 23.3 Å². The number of carbonyl (C=O) groups is 3. The predicted octanol–water partition coefficient (Wildman–Crippen LogP) is 9.22. The van der Waals surface area contributed by atoms with Crippen LogP contribution in [0.3, 0.4) is 0 Å². The Morgan fingerprint density at radius 3 is 2.33 bits per heavy atom. The number of para-hydroxylation sites is 1. The molecule has 2 atom stereocenters. The Morgan fingerprint density at radius 1 is 0.891 bits per heavy atom. The van der Waals surface area contributed by atoms with Crippen LogP contribution < -0.4 is 4.74 Å². The molecule has 0 fully saturated rings. The van der Waals surface area contributed by atoms with Crippen molar-refractivity contribution < 1.29 is 24.2 Å². The molecule has 0 amide bonds. The highest BCUT2D eigenvalue weighted by Crippen LogP contribution is 2.42. The topological polar surface area (TPSA) is 80.7 Å². The van der Waals surface area contributed by atoms with Crippen LogP contribution in [0.4, 0.5) is 0 Å². The highest BCUT2D eigenvalue weighted by molar-refractivity contribution is 6.17. The molecule has 246 valence electrons. The van der Waals surface area contributed by atoms with Gasteiger partial charge in [0.25, 0.3) is 0 Å². The van der Waals surface area contributed by atoms with E-state index in [1.54, 1.807) is 30.3 Å². The van der Waals surface area contributed by atoms with Gasteiger partial charge in [0.2, 0.25) is 5.78 Å². The van der Waals surface area contributed by atoms with Gasteiger partial charge < -0.3 is 9.84 Å². The predicted molar refractivity (Wildman–Crippen MR) is 187 cm³/mol. The third kappa shape index (κ3) is 13.6. The molecule has 1 heterocycles. The standard InChI is InChI=1S/C41H52O5/c1-6-7-8-9-10-11-12-23-35(42)24-13-14-25-36(43)29-31-41(39(44)37-26-15-16-27-38(37)46-40(41)45)30-28-34(5)22-18-21-33(4)20-17-19-32(2)3/h12,15-16,19,21,23,26-28,35,42H,6-11,17-18,20,22,29-31H2,1-5H3. The van der Waals surface area contributed by atoms with Crippen LogP contribution >= 0.6 is 0 Å². The lowest BCUT2D eigenvalue weighted by Gasteiger charge is -2.33. The van der Waals surface area contributed by atoms with Gasteiger partial charge in [-0.3, -0.25) is 14.4 Å². The van der Waals surface area contributed by atoms with E-state index in [0.29, 0.717) is 5.56 Å². The molecule has 2 unspecified atom stereocenters. The third-order valence-electron chi connectivity index (χ3n) is 8.14. The molecule has 0 saturated carbocycles. The van der Waals surface area contributed by atoms with E-state index in [0.717, 1.165) is 44.1 Å². The average Bonchev–Trinajstić information content (AvgIpc) is 3.02. The quantitative estimate of drug-likeness (QED) is 0.0335. The first kappa shape index (κ1) is 38.3. The fourth-order valence-corrected chi connectivity index (χ4v) is 5.21. The van der Waals surface area contributed by atoms with E-state index in [1.165, 1.54) is 36.8 Å². The zero-order chi connectivity index (χ0) is 33.8. The molecule has 5 nitrogen and oxygen atoms in total. The molecule has 1 aliphatic rings. The molecular weight excluding hydrogens is 572 g/mol. The Balaban J connectivity index is 2.06. The molecule has 0 saturated heterocycles. The number of ether oxygens (including phenoxy) is 1. The lowest BCUT2D eigenvalue weighted by molar-refractivity contribution is -0.144. The number of carbonyl (C=O) groups excluding carboxylic acids is 3.